The summed E-state index contributed by atoms with van der Waals surface area (Å²) >= 11 is 0. The van der Waals surface area contributed by atoms with Gasteiger partial charge in [-0.05, 0) is 43.9 Å². The fourth-order valence-corrected chi connectivity index (χ4v) is 3.11. The molecule has 0 bridgehead atoms. The smallest absolute Gasteiger partial charge is 0.317 e. The van der Waals surface area contributed by atoms with Crippen molar-refractivity contribution in [2.24, 2.45) is 11.8 Å². The molecule has 3 nitrogen and oxygen atoms in total. The van der Waals surface area contributed by atoms with Gasteiger partial charge in [-0.2, -0.15) is 0 Å². The predicted molar refractivity (Wildman–Crippen MR) is 74.5 cm³/mol. The number of amides is 2. The second-order valence-electron chi connectivity index (χ2n) is 6.43. The van der Waals surface area contributed by atoms with E-state index in [2.05, 4.69) is 19.2 Å². The van der Waals surface area contributed by atoms with Crippen LogP contribution in [0.4, 0.5) is 4.79 Å². The van der Waals surface area contributed by atoms with Crippen LogP contribution in [0.1, 0.15) is 58.8 Å². The van der Waals surface area contributed by atoms with Gasteiger partial charge >= 0.3 is 6.03 Å². The fourth-order valence-electron chi connectivity index (χ4n) is 3.11. The Morgan fingerprint density at radius 1 is 0.944 bits per heavy atom. The average molecular weight is 252 g/mol. The van der Waals surface area contributed by atoms with Crippen molar-refractivity contribution in [3.8, 4) is 0 Å². The number of rotatable bonds is 1. The van der Waals surface area contributed by atoms with Crippen LogP contribution in [0.2, 0.25) is 0 Å². The Balaban J connectivity index is 1.76. The fraction of sp³-hybridized carbons (Fsp3) is 0.933. The minimum atomic E-state index is 0.182. The van der Waals surface area contributed by atoms with Gasteiger partial charge in [0.1, 0.15) is 0 Å². The summed E-state index contributed by atoms with van der Waals surface area (Å²) in [6.45, 7) is 6.49. The van der Waals surface area contributed by atoms with Crippen molar-refractivity contribution >= 4 is 6.03 Å². The standard InChI is InChI=1S/C15H28N2O/c1-12-4-3-5-14(7-6-12)16-15(18)17-10-8-13(2)9-11-17/h12-14H,3-11H2,1-2H3,(H,16,18). The highest BCUT2D eigenvalue weighted by Crippen LogP contribution is 2.23. The van der Waals surface area contributed by atoms with Crippen LogP contribution in [-0.4, -0.2) is 30.1 Å². The van der Waals surface area contributed by atoms with Gasteiger partial charge in [0.25, 0.3) is 0 Å². The minimum absolute atomic E-state index is 0.182. The van der Waals surface area contributed by atoms with E-state index in [1.165, 1.54) is 25.7 Å². The number of hydrogen-bond donors (Lipinski definition) is 1. The van der Waals surface area contributed by atoms with Crippen LogP contribution in [0, 0.1) is 11.8 Å². The summed E-state index contributed by atoms with van der Waals surface area (Å²) in [4.78, 5) is 14.2. The van der Waals surface area contributed by atoms with Gasteiger partial charge in [0.15, 0.2) is 0 Å². The molecule has 3 heteroatoms. The highest BCUT2D eigenvalue weighted by molar-refractivity contribution is 5.74. The third kappa shape index (κ3) is 3.89. The van der Waals surface area contributed by atoms with Gasteiger partial charge in [0.2, 0.25) is 0 Å². The van der Waals surface area contributed by atoms with E-state index in [0.29, 0.717) is 6.04 Å². The number of piperidine rings is 1. The number of carbonyl (C=O) groups is 1. The SMILES string of the molecule is CC1CCCC(NC(=O)N2CCC(C)CC2)CC1. The molecule has 1 heterocycles. The Morgan fingerprint density at radius 2 is 1.61 bits per heavy atom. The van der Waals surface area contributed by atoms with E-state index in [4.69, 9.17) is 0 Å². The van der Waals surface area contributed by atoms with E-state index in [1.54, 1.807) is 0 Å². The molecule has 2 aliphatic rings. The first-order chi connectivity index (χ1) is 8.65. The quantitative estimate of drug-likeness (QED) is 0.713. The number of nitrogens with one attached hydrogen (secondary N) is 1. The molecular weight excluding hydrogens is 224 g/mol. The molecule has 0 aromatic carbocycles. The average Bonchev–Trinajstić information content (AvgIpc) is 2.55. The predicted octanol–water partition coefficient (Wildman–Crippen LogP) is 3.40. The van der Waals surface area contributed by atoms with Gasteiger partial charge < -0.3 is 10.2 Å². The molecule has 0 aromatic heterocycles. The molecule has 1 saturated carbocycles. The first-order valence-electron chi connectivity index (χ1n) is 7.70. The molecule has 2 atom stereocenters. The summed E-state index contributed by atoms with van der Waals surface area (Å²) in [5.74, 6) is 1.62. The Hall–Kier alpha value is -0.730. The Morgan fingerprint density at radius 3 is 2.33 bits per heavy atom. The van der Waals surface area contributed by atoms with Crippen molar-refractivity contribution in [1.82, 2.24) is 10.2 Å². The minimum Gasteiger partial charge on any atom is -0.335 e. The summed E-state index contributed by atoms with van der Waals surface area (Å²) in [5.41, 5.74) is 0. The molecule has 2 rings (SSSR count). The molecular formula is C15H28N2O. The van der Waals surface area contributed by atoms with Crippen LogP contribution in [0.5, 0.6) is 0 Å². The van der Waals surface area contributed by atoms with Crippen LogP contribution in [-0.2, 0) is 0 Å². The second-order valence-corrected chi connectivity index (χ2v) is 6.43. The molecule has 0 spiro atoms. The largest absolute Gasteiger partial charge is 0.335 e. The summed E-state index contributed by atoms with van der Waals surface area (Å²) in [6.07, 6.45) is 8.51. The number of likely N-dealkylation sites (tertiary alicyclic amines) is 1. The number of nitrogens with zero attached hydrogens (tertiary/aromatic N) is 1. The van der Waals surface area contributed by atoms with Crippen molar-refractivity contribution in [2.45, 2.75) is 64.8 Å². The van der Waals surface area contributed by atoms with Crippen molar-refractivity contribution in [2.75, 3.05) is 13.1 Å². The summed E-state index contributed by atoms with van der Waals surface area (Å²) in [5, 5.41) is 3.25. The Bertz CT molecular complexity index is 272. The number of carbonyl (C=O) groups excluding carboxylic acids is 1. The molecule has 1 aliphatic carbocycles. The lowest BCUT2D eigenvalue weighted by Crippen LogP contribution is -2.47. The van der Waals surface area contributed by atoms with Gasteiger partial charge in [-0.1, -0.05) is 26.7 Å². The maximum atomic E-state index is 12.2. The zero-order chi connectivity index (χ0) is 13.0. The van der Waals surface area contributed by atoms with Crippen LogP contribution < -0.4 is 5.32 Å². The molecule has 1 aliphatic heterocycles. The third-order valence-electron chi connectivity index (χ3n) is 4.66. The van der Waals surface area contributed by atoms with Gasteiger partial charge in [-0.3, -0.25) is 0 Å². The molecule has 104 valence electrons. The summed E-state index contributed by atoms with van der Waals surface area (Å²) < 4.78 is 0. The lowest BCUT2D eigenvalue weighted by Gasteiger charge is -2.31. The summed E-state index contributed by atoms with van der Waals surface area (Å²) in [6, 6.07) is 0.600. The zero-order valence-corrected chi connectivity index (χ0v) is 12.0. The maximum absolute atomic E-state index is 12.2. The second kappa shape index (κ2) is 6.44. The Kier molecular flexibility index (Phi) is 4.90. The van der Waals surface area contributed by atoms with Crippen molar-refractivity contribution in [1.29, 1.82) is 0 Å². The molecule has 18 heavy (non-hydrogen) atoms. The highest BCUT2D eigenvalue weighted by Gasteiger charge is 2.23. The summed E-state index contributed by atoms with van der Waals surface area (Å²) in [7, 11) is 0. The molecule has 1 saturated heterocycles. The van der Waals surface area contributed by atoms with Gasteiger partial charge in [0, 0.05) is 19.1 Å². The number of hydrogen-bond acceptors (Lipinski definition) is 1. The van der Waals surface area contributed by atoms with Crippen molar-refractivity contribution in [3.63, 3.8) is 0 Å². The highest BCUT2D eigenvalue weighted by atomic mass is 16.2. The molecule has 0 aromatic rings. The number of urea groups is 1. The lowest BCUT2D eigenvalue weighted by atomic mass is 9.99. The van der Waals surface area contributed by atoms with Gasteiger partial charge in [-0.15, -0.1) is 0 Å². The normalized spacial score (nSPS) is 30.9. The maximum Gasteiger partial charge on any atom is 0.317 e. The topological polar surface area (TPSA) is 32.3 Å². The van der Waals surface area contributed by atoms with E-state index in [0.717, 1.165) is 44.2 Å². The monoisotopic (exact) mass is 252 g/mol. The molecule has 0 radical (unpaired) electrons. The molecule has 2 fully saturated rings. The lowest BCUT2D eigenvalue weighted by molar-refractivity contribution is 0.169. The zero-order valence-electron chi connectivity index (χ0n) is 12.0. The van der Waals surface area contributed by atoms with Crippen molar-refractivity contribution < 1.29 is 4.79 Å². The molecule has 2 unspecified atom stereocenters. The molecule has 2 amide bonds. The first kappa shape index (κ1) is 13.7. The Labute approximate surface area is 111 Å². The third-order valence-corrected chi connectivity index (χ3v) is 4.66. The van der Waals surface area contributed by atoms with Crippen molar-refractivity contribution in [3.05, 3.63) is 0 Å². The van der Waals surface area contributed by atoms with E-state index in [9.17, 15) is 4.79 Å². The van der Waals surface area contributed by atoms with Crippen LogP contribution in [0.25, 0.3) is 0 Å². The van der Waals surface area contributed by atoms with E-state index in [-0.39, 0.29) is 6.03 Å². The van der Waals surface area contributed by atoms with E-state index in [1.807, 2.05) is 4.90 Å². The van der Waals surface area contributed by atoms with Gasteiger partial charge in [0.05, 0.1) is 0 Å². The van der Waals surface area contributed by atoms with Gasteiger partial charge in [-0.25, -0.2) is 4.79 Å². The molecule has 1 N–H and O–H groups in total. The van der Waals surface area contributed by atoms with E-state index >= 15 is 0 Å². The first-order valence-corrected chi connectivity index (χ1v) is 7.70. The van der Waals surface area contributed by atoms with Crippen LogP contribution >= 0.6 is 0 Å². The van der Waals surface area contributed by atoms with E-state index < -0.39 is 0 Å². The van der Waals surface area contributed by atoms with Crippen LogP contribution in [0.3, 0.4) is 0 Å². The van der Waals surface area contributed by atoms with Crippen LogP contribution in [0.15, 0.2) is 0 Å².